The van der Waals surface area contributed by atoms with E-state index in [4.69, 9.17) is 0 Å². The third kappa shape index (κ3) is 2.11. The van der Waals surface area contributed by atoms with Crippen LogP contribution in [0.1, 0.15) is 24.3 Å². The lowest BCUT2D eigenvalue weighted by Gasteiger charge is -2.13. The fourth-order valence-electron chi connectivity index (χ4n) is 2.26. The zero-order chi connectivity index (χ0) is 13.2. The molecule has 0 aliphatic heterocycles. The minimum absolute atomic E-state index is 0.660. The van der Waals surface area contributed by atoms with Gasteiger partial charge in [-0.2, -0.15) is 0 Å². The molecule has 19 heavy (non-hydrogen) atoms. The molecule has 3 aromatic rings. The number of aromatic nitrogens is 3. The Hall–Kier alpha value is -2.20. The summed E-state index contributed by atoms with van der Waals surface area (Å²) in [5.41, 5.74) is 2.60. The van der Waals surface area contributed by atoms with Gasteiger partial charge in [-0.05, 0) is 30.7 Å². The van der Waals surface area contributed by atoms with E-state index in [0.717, 1.165) is 28.7 Å². The highest BCUT2D eigenvalue weighted by Crippen LogP contribution is 2.24. The first kappa shape index (κ1) is 11.9. The van der Waals surface area contributed by atoms with Crippen LogP contribution in [0.15, 0.2) is 49.1 Å². The van der Waals surface area contributed by atoms with Gasteiger partial charge in [0.05, 0.1) is 23.7 Å². The number of aryl methyl sites for hydroxylation is 1. The molecule has 1 unspecified atom stereocenters. The van der Waals surface area contributed by atoms with Crippen molar-refractivity contribution in [3.8, 4) is 0 Å². The van der Waals surface area contributed by atoms with E-state index in [0.29, 0.717) is 0 Å². The second kappa shape index (κ2) is 4.82. The molecule has 0 bridgehead atoms. The van der Waals surface area contributed by atoms with Crippen LogP contribution >= 0.6 is 0 Å². The quantitative estimate of drug-likeness (QED) is 0.780. The predicted octanol–water partition coefficient (Wildman–Crippen LogP) is 2.53. The highest BCUT2D eigenvalue weighted by Gasteiger charge is 2.15. The molecule has 2 aromatic heterocycles. The molecule has 1 atom stereocenters. The molecule has 0 saturated carbocycles. The van der Waals surface area contributed by atoms with E-state index in [-0.39, 0.29) is 0 Å². The molecule has 0 radical (unpaired) electrons. The van der Waals surface area contributed by atoms with Crippen molar-refractivity contribution in [1.82, 2.24) is 14.5 Å². The molecule has 1 N–H and O–H groups in total. The Morgan fingerprint density at radius 3 is 3.05 bits per heavy atom. The topological polar surface area (TPSA) is 50.9 Å². The van der Waals surface area contributed by atoms with Crippen molar-refractivity contribution < 1.29 is 5.11 Å². The molecular weight excluding hydrogens is 238 g/mol. The maximum Gasteiger partial charge on any atom is 0.121 e. The Balaban J connectivity index is 2.04. The van der Waals surface area contributed by atoms with Crippen LogP contribution < -0.4 is 0 Å². The van der Waals surface area contributed by atoms with Crippen molar-refractivity contribution in [2.75, 3.05) is 0 Å². The van der Waals surface area contributed by atoms with Gasteiger partial charge in [0.1, 0.15) is 6.10 Å². The largest absolute Gasteiger partial charge is 0.382 e. The highest BCUT2D eigenvalue weighted by molar-refractivity contribution is 5.79. The van der Waals surface area contributed by atoms with Crippen molar-refractivity contribution in [3.63, 3.8) is 0 Å². The average molecular weight is 253 g/mol. The van der Waals surface area contributed by atoms with Gasteiger partial charge < -0.3 is 9.67 Å². The first-order valence-electron chi connectivity index (χ1n) is 6.32. The first-order valence-corrected chi connectivity index (χ1v) is 6.32. The van der Waals surface area contributed by atoms with Gasteiger partial charge in [0.25, 0.3) is 0 Å². The van der Waals surface area contributed by atoms with Crippen LogP contribution in [-0.2, 0) is 6.54 Å². The second-order valence-corrected chi connectivity index (χ2v) is 4.46. The van der Waals surface area contributed by atoms with Gasteiger partial charge in [0, 0.05) is 18.1 Å². The lowest BCUT2D eigenvalue weighted by molar-refractivity contribution is 0.210. The molecule has 0 aliphatic rings. The minimum atomic E-state index is -0.660. The van der Waals surface area contributed by atoms with Crippen molar-refractivity contribution in [1.29, 1.82) is 0 Å². The van der Waals surface area contributed by atoms with Gasteiger partial charge in [0.15, 0.2) is 0 Å². The maximum atomic E-state index is 10.5. The third-order valence-corrected chi connectivity index (χ3v) is 3.31. The van der Waals surface area contributed by atoms with Crippen LogP contribution in [0, 0.1) is 0 Å². The number of benzene rings is 1. The van der Waals surface area contributed by atoms with Crippen LogP contribution in [0.4, 0.5) is 0 Å². The van der Waals surface area contributed by atoms with Crippen LogP contribution in [0.5, 0.6) is 0 Å². The Kier molecular flexibility index (Phi) is 3.01. The molecule has 0 amide bonds. The lowest BCUT2D eigenvalue weighted by Crippen LogP contribution is -2.07. The smallest absolute Gasteiger partial charge is 0.121 e. The van der Waals surface area contributed by atoms with Crippen molar-refractivity contribution in [2.24, 2.45) is 0 Å². The third-order valence-electron chi connectivity index (χ3n) is 3.31. The monoisotopic (exact) mass is 253 g/mol. The van der Waals surface area contributed by atoms with Crippen molar-refractivity contribution in [3.05, 3.63) is 60.3 Å². The number of aliphatic hydroxyl groups excluding tert-OH is 1. The van der Waals surface area contributed by atoms with Gasteiger partial charge >= 0.3 is 0 Å². The number of rotatable bonds is 3. The first-order chi connectivity index (χ1) is 9.29. The second-order valence-electron chi connectivity index (χ2n) is 4.46. The molecule has 0 fully saturated rings. The highest BCUT2D eigenvalue weighted by atomic mass is 16.3. The SMILES string of the molecule is CCn1cncc1C(O)c1ccc2ncccc2c1. The predicted molar refractivity (Wildman–Crippen MR) is 73.7 cm³/mol. The van der Waals surface area contributed by atoms with Gasteiger partial charge in [-0.15, -0.1) is 0 Å². The summed E-state index contributed by atoms with van der Waals surface area (Å²) in [7, 11) is 0. The van der Waals surface area contributed by atoms with Crippen LogP contribution in [0.2, 0.25) is 0 Å². The summed E-state index contributed by atoms with van der Waals surface area (Å²) in [6.45, 7) is 2.82. The fourth-order valence-corrected chi connectivity index (χ4v) is 2.26. The number of hydrogen-bond acceptors (Lipinski definition) is 3. The fraction of sp³-hybridized carbons (Fsp3) is 0.200. The molecule has 4 heteroatoms. The van der Waals surface area contributed by atoms with Crippen LogP contribution in [0.3, 0.4) is 0 Å². The van der Waals surface area contributed by atoms with Crippen LogP contribution in [0.25, 0.3) is 10.9 Å². The van der Waals surface area contributed by atoms with Gasteiger partial charge in [-0.1, -0.05) is 12.1 Å². The molecule has 2 heterocycles. The molecular formula is C15H15N3O. The van der Waals surface area contributed by atoms with Crippen LogP contribution in [-0.4, -0.2) is 19.6 Å². The number of hydrogen-bond donors (Lipinski definition) is 1. The van der Waals surface area contributed by atoms with E-state index in [2.05, 4.69) is 9.97 Å². The Labute approximate surface area is 111 Å². The zero-order valence-corrected chi connectivity index (χ0v) is 10.7. The average Bonchev–Trinajstić information content (AvgIpc) is 2.94. The summed E-state index contributed by atoms with van der Waals surface area (Å²) in [5.74, 6) is 0. The molecule has 96 valence electrons. The van der Waals surface area contributed by atoms with Gasteiger partial charge in [0.2, 0.25) is 0 Å². The molecule has 0 saturated heterocycles. The summed E-state index contributed by atoms with van der Waals surface area (Å²) in [6.07, 6.45) is 4.56. The Morgan fingerprint density at radius 2 is 2.21 bits per heavy atom. The van der Waals surface area contributed by atoms with Crippen molar-refractivity contribution in [2.45, 2.75) is 19.6 Å². The molecule has 0 spiro atoms. The van der Waals surface area contributed by atoms with E-state index in [1.807, 2.05) is 41.8 Å². The van der Waals surface area contributed by atoms with Gasteiger partial charge in [-0.25, -0.2) is 4.98 Å². The Morgan fingerprint density at radius 1 is 1.32 bits per heavy atom. The summed E-state index contributed by atoms with van der Waals surface area (Å²) in [4.78, 5) is 8.37. The van der Waals surface area contributed by atoms with E-state index in [1.54, 1.807) is 18.7 Å². The number of imidazole rings is 1. The molecule has 3 rings (SSSR count). The van der Waals surface area contributed by atoms with Crippen molar-refractivity contribution >= 4 is 10.9 Å². The van der Waals surface area contributed by atoms with E-state index in [9.17, 15) is 5.11 Å². The summed E-state index contributed by atoms with van der Waals surface area (Å²) in [5, 5.41) is 11.5. The summed E-state index contributed by atoms with van der Waals surface area (Å²) in [6, 6.07) is 9.71. The standard InChI is InChI=1S/C15H15N3O/c1-2-18-10-16-9-14(18)15(19)12-5-6-13-11(8-12)4-3-7-17-13/h3-10,15,19H,2H2,1H3. The minimum Gasteiger partial charge on any atom is -0.382 e. The lowest BCUT2D eigenvalue weighted by atomic mass is 10.0. The summed E-state index contributed by atoms with van der Waals surface area (Å²) < 4.78 is 1.94. The normalized spacial score (nSPS) is 12.7. The number of aliphatic hydroxyl groups is 1. The zero-order valence-electron chi connectivity index (χ0n) is 10.7. The van der Waals surface area contributed by atoms with Gasteiger partial charge in [-0.3, -0.25) is 4.98 Å². The molecule has 0 aliphatic carbocycles. The van der Waals surface area contributed by atoms with E-state index < -0.39 is 6.10 Å². The Bertz CT molecular complexity index is 705. The van der Waals surface area contributed by atoms with E-state index in [1.165, 1.54) is 0 Å². The number of nitrogens with zero attached hydrogens (tertiary/aromatic N) is 3. The number of fused-ring (bicyclic) bond motifs is 1. The number of pyridine rings is 1. The maximum absolute atomic E-state index is 10.5. The van der Waals surface area contributed by atoms with E-state index >= 15 is 0 Å². The summed E-state index contributed by atoms with van der Waals surface area (Å²) >= 11 is 0. The molecule has 4 nitrogen and oxygen atoms in total. The molecule has 1 aromatic carbocycles.